The largest absolute Gasteiger partial charge is 0.504 e. The summed E-state index contributed by atoms with van der Waals surface area (Å²) in [6.45, 7) is 3.76. The molecule has 248 valence electrons. The molecule has 7 rings (SSSR count). The Labute approximate surface area is 284 Å². The fourth-order valence-corrected chi connectivity index (χ4v) is 7.58. The number of fused-ring (bicyclic) bond motifs is 3. The van der Waals surface area contributed by atoms with Gasteiger partial charge in [0.25, 0.3) is 0 Å². The molecule has 0 spiro atoms. The fraction of sp³-hybridized carbons (Fsp3) is 0.282. The molecule has 10 nitrogen and oxygen atoms in total. The summed E-state index contributed by atoms with van der Waals surface area (Å²) in [6, 6.07) is 19.4. The first-order valence-corrected chi connectivity index (χ1v) is 16.4. The molecule has 0 saturated carbocycles. The number of hydrogen-bond acceptors (Lipinski definition) is 9. The zero-order chi connectivity index (χ0) is 34.6. The first kappa shape index (κ1) is 31.9. The number of aromatic hydroxyl groups is 1. The lowest BCUT2D eigenvalue weighted by molar-refractivity contribution is -0.123. The van der Waals surface area contributed by atoms with Gasteiger partial charge in [-0.2, -0.15) is 10.2 Å². The van der Waals surface area contributed by atoms with Crippen LogP contribution in [0.3, 0.4) is 0 Å². The molecule has 0 bridgehead atoms. The number of carbonyl (C=O) groups excluding carboxylic acids is 4. The number of Topliss-reactive ketones (excluding diaryl/α,β-unsaturated/α-hetero) is 1. The maximum atomic E-state index is 14.3. The monoisotopic (exact) mass is 656 g/mol. The lowest BCUT2D eigenvalue weighted by atomic mass is 9.59. The number of hydrogen-bond donors (Lipinski definition) is 1. The van der Waals surface area contributed by atoms with Crippen molar-refractivity contribution in [2.45, 2.75) is 32.6 Å². The summed E-state index contributed by atoms with van der Waals surface area (Å²) in [7, 11) is 3.93. The summed E-state index contributed by atoms with van der Waals surface area (Å²) in [5.41, 5.74) is 5.39. The highest BCUT2D eigenvalue weighted by molar-refractivity contribution is 6.25. The molecular formula is C39H36N4O6. The Bertz CT molecular complexity index is 2020. The van der Waals surface area contributed by atoms with Crippen LogP contribution in [0, 0.1) is 17.8 Å². The molecular weight excluding hydrogens is 620 g/mol. The van der Waals surface area contributed by atoms with E-state index < -0.39 is 23.7 Å². The fourth-order valence-electron chi connectivity index (χ4n) is 7.58. The number of benzene rings is 3. The van der Waals surface area contributed by atoms with Crippen molar-refractivity contribution < 1.29 is 29.0 Å². The molecule has 0 aromatic heterocycles. The molecule has 1 saturated heterocycles. The van der Waals surface area contributed by atoms with Crippen LogP contribution in [0.1, 0.15) is 38.2 Å². The Balaban J connectivity index is 1.20. The zero-order valence-corrected chi connectivity index (χ0v) is 27.7. The van der Waals surface area contributed by atoms with E-state index in [1.807, 2.05) is 56.3 Å². The number of allylic oxidation sites excluding steroid dienone is 6. The number of anilines is 2. The van der Waals surface area contributed by atoms with Gasteiger partial charge in [0.05, 0.1) is 35.5 Å². The van der Waals surface area contributed by atoms with Gasteiger partial charge in [-0.3, -0.25) is 24.1 Å². The second-order valence-electron chi connectivity index (χ2n) is 13.0. The molecule has 3 aliphatic carbocycles. The minimum absolute atomic E-state index is 0.0367. The third kappa shape index (κ3) is 5.47. The normalized spacial score (nSPS) is 23.3. The van der Waals surface area contributed by atoms with Gasteiger partial charge in [-0.1, -0.05) is 17.7 Å². The number of ether oxygens (including phenoxy) is 1. The van der Waals surface area contributed by atoms with Crippen molar-refractivity contribution in [1.82, 2.24) is 0 Å². The predicted molar refractivity (Wildman–Crippen MR) is 184 cm³/mol. The third-order valence-electron chi connectivity index (χ3n) is 9.94. The molecule has 1 aliphatic heterocycles. The number of amides is 2. The zero-order valence-electron chi connectivity index (χ0n) is 27.7. The van der Waals surface area contributed by atoms with Gasteiger partial charge in [-0.25, -0.2) is 0 Å². The van der Waals surface area contributed by atoms with Crippen LogP contribution in [0.5, 0.6) is 11.5 Å². The summed E-state index contributed by atoms with van der Waals surface area (Å²) in [5.74, 6) is -3.26. The van der Waals surface area contributed by atoms with Gasteiger partial charge in [0.1, 0.15) is 0 Å². The molecule has 49 heavy (non-hydrogen) atoms. The number of nitrogens with zero attached hydrogens (tertiary/aromatic N) is 4. The van der Waals surface area contributed by atoms with Gasteiger partial charge < -0.3 is 14.7 Å². The second-order valence-corrected chi connectivity index (χ2v) is 13.0. The van der Waals surface area contributed by atoms with Crippen LogP contribution in [-0.2, 0) is 19.2 Å². The lowest BCUT2D eigenvalue weighted by Crippen LogP contribution is -2.39. The minimum Gasteiger partial charge on any atom is -0.504 e. The molecule has 2 amide bonds. The van der Waals surface area contributed by atoms with Crippen molar-refractivity contribution in [3.8, 4) is 11.5 Å². The molecule has 1 fully saturated rings. The van der Waals surface area contributed by atoms with Crippen molar-refractivity contribution in [3.05, 3.63) is 107 Å². The van der Waals surface area contributed by atoms with Crippen LogP contribution >= 0.6 is 0 Å². The summed E-state index contributed by atoms with van der Waals surface area (Å²) >= 11 is 0. The Kier molecular flexibility index (Phi) is 8.10. The summed E-state index contributed by atoms with van der Waals surface area (Å²) < 4.78 is 5.66. The van der Waals surface area contributed by atoms with E-state index >= 15 is 0 Å². The van der Waals surface area contributed by atoms with Gasteiger partial charge in [0.2, 0.25) is 11.8 Å². The lowest BCUT2D eigenvalue weighted by Gasteiger charge is -2.42. The molecule has 0 radical (unpaired) electrons. The van der Waals surface area contributed by atoms with Gasteiger partial charge in [0, 0.05) is 42.4 Å². The van der Waals surface area contributed by atoms with E-state index in [9.17, 15) is 24.3 Å². The van der Waals surface area contributed by atoms with Crippen molar-refractivity contribution in [3.63, 3.8) is 0 Å². The number of rotatable bonds is 7. The van der Waals surface area contributed by atoms with Crippen LogP contribution in [0.4, 0.5) is 22.7 Å². The van der Waals surface area contributed by atoms with Crippen molar-refractivity contribution in [2.24, 2.45) is 28.0 Å². The molecule has 1 N–H and O–H groups in total. The predicted octanol–water partition coefficient (Wildman–Crippen LogP) is 6.91. The van der Waals surface area contributed by atoms with Crippen LogP contribution in [0.15, 0.2) is 111 Å². The van der Waals surface area contributed by atoms with Crippen LogP contribution in [0.2, 0.25) is 0 Å². The van der Waals surface area contributed by atoms with E-state index in [1.165, 1.54) is 17.0 Å². The highest BCUT2D eigenvalue weighted by Gasteiger charge is 2.56. The maximum absolute atomic E-state index is 14.3. The number of phenols is 1. The summed E-state index contributed by atoms with van der Waals surface area (Å²) in [4.78, 5) is 58.5. The van der Waals surface area contributed by atoms with Crippen molar-refractivity contribution >= 4 is 46.1 Å². The second kappa shape index (κ2) is 12.4. The van der Waals surface area contributed by atoms with Crippen molar-refractivity contribution in [2.75, 3.05) is 30.5 Å². The molecule has 10 heteroatoms. The van der Waals surface area contributed by atoms with Crippen LogP contribution in [0.25, 0.3) is 0 Å². The van der Waals surface area contributed by atoms with E-state index in [0.717, 1.165) is 11.3 Å². The number of azo groups is 1. The highest BCUT2D eigenvalue weighted by atomic mass is 16.5. The number of carbonyl (C=O) groups is 4. The van der Waals surface area contributed by atoms with Crippen molar-refractivity contribution in [1.29, 1.82) is 0 Å². The van der Waals surface area contributed by atoms with E-state index in [1.54, 1.807) is 43.3 Å². The average Bonchev–Trinajstić information content (AvgIpc) is 3.36. The average molecular weight is 657 g/mol. The maximum Gasteiger partial charge on any atom is 0.238 e. The molecule has 3 aromatic rings. The number of ketones is 2. The van der Waals surface area contributed by atoms with E-state index in [-0.39, 0.29) is 41.3 Å². The Morgan fingerprint density at radius 2 is 1.57 bits per heavy atom. The van der Waals surface area contributed by atoms with Gasteiger partial charge >= 0.3 is 0 Å². The molecule has 4 aliphatic rings. The van der Waals surface area contributed by atoms with Gasteiger partial charge in [-0.05, 0) is 105 Å². The molecule has 4 atom stereocenters. The Hall–Kier alpha value is -5.64. The third-order valence-corrected chi connectivity index (χ3v) is 9.94. The van der Waals surface area contributed by atoms with Crippen LogP contribution < -0.4 is 14.5 Å². The van der Waals surface area contributed by atoms with E-state index in [0.29, 0.717) is 52.4 Å². The van der Waals surface area contributed by atoms with E-state index in [4.69, 9.17) is 4.74 Å². The smallest absolute Gasteiger partial charge is 0.238 e. The van der Waals surface area contributed by atoms with Crippen LogP contribution in [-0.4, -0.2) is 49.2 Å². The topological polar surface area (TPSA) is 129 Å². The standard InChI is InChI=1S/C39H36N4O6/c1-5-49-33-19-22(6-17-31(33)44)34-27-15-16-28-35(29(27)20-30-32(45)18-21(2)37(46)36(30)34)39(48)43(38(28)47)26-13-9-24(10-14-26)41-40-23-7-11-25(12-8-23)42(3)4/h6-15,17-19,28-29,34-35,44H,5,16,20H2,1-4H3/t28-,29+,34-,35-/m0/s1. The summed E-state index contributed by atoms with van der Waals surface area (Å²) in [5, 5.41) is 19.1. The molecule has 0 unspecified atom stereocenters. The number of phenolic OH excluding ortho intramolecular Hbond substituents is 1. The number of imide groups is 1. The van der Waals surface area contributed by atoms with Gasteiger partial charge in [0.15, 0.2) is 23.1 Å². The molecule has 1 heterocycles. The first-order valence-electron chi connectivity index (χ1n) is 16.4. The quantitative estimate of drug-likeness (QED) is 0.127. The van der Waals surface area contributed by atoms with Gasteiger partial charge in [-0.15, -0.1) is 0 Å². The minimum atomic E-state index is -0.702. The Morgan fingerprint density at radius 3 is 2.22 bits per heavy atom. The van der Waals surface area contributed by atoms with E-state index in [2.05, 4.69) is 10.2 Å². The summed E-state index contributed by atoms with van der Waals surface area (Å²) in [6.07, 6.45) is 3.84. The molecule has 3 aromatic carbocycles. The first-order chi connectivity index (χ1) is 23.6. The Morgan fingerprint density at radius 1 is 0.898 bits per heavy atom. The highest BCUT2D eigenvalue weighted by Crippen LogP contribution is 2.56. The SMILES string of the molecule is CCOc1cc([C@H]2C3=CC[C@@H]4C(=O)N(c5ccc(N=Nc6ccc(N(C)C)cc6)cc5)C(=O)[C@@H]4[C@@H]3CC3=C2C(=O)C(C)=CC3=O)ccc1O.